The Balaban J connectivity index is 3.27. The maximum absolute atomic E-state index is 11.9. The Morgan fingerprint density at radius 3 is 1.64 bits per heavy atom. The lowest BCUT2D eigenvalue weighted by molar-refractivity contribution is -0.883. The number of nitrogens with one attached hydrogen (secondary N) is 1. The topological polar surface area (TPSA) is 66.4 Å². The molecule has 5 nitrogen and oxygen atoms in total. The first-order chi connectivity index (χ1) is 15.9. The first kappa shape index (κ1) is 32.2. The van der Waals surface area contributed by atoms with Crippen LogP contribution in [0.15, 0.2) is 0 Å². The molecule has 0 saturated heterocycles. The molecular formula is C27H55N2O3S+. The monoisotopic (exact) mass is 487 g/mol. The summed E-state index contributed by atoms with van der Waals surface area (Å²) in [5, 5.41) is 11.8. The van der Waals surface area contributed by atoms with Gasteiger partial charge >= 0.3 is 5.97 Å². The second kappa shape index (κ2) is 23.0. The van der Waals surface area contributed by atoms with E-state index in [0.29, 0.717) is 16.8 Å². The number of unbranched alkanes of at least 4 members (excludes halogenated alkanes) is 15. The number of hydrogen-bond donors (Lipinski definition) is 2. The number of aliphatic carboxylic acids is 1. The predicted molar refractivity (Wildman–Crippen MR) is 144 cm³/mol. The van der Waals surface area contributed by atoms with Crippen LogP contribution in [-0.2, 0) is 9.59 Å². The van der Waals surface area contributed by atoms with E-state index < -0.39 is 5.97 Å². The minimum atomic E-state index is -0.783. The number of likely N-dealkylation sites (N-methyl/N-ethyl adjacent to an activating group) is 1. The molecule has 0 heterocycles. The van der Waals surface area contributed by atoms with Gasteiger partial charge in [0.25, 0.3) is 0 Å². The van der Waals surface area contributed by atoms with Gasteiger partial charge in [0, 0.05) is 13.0 Å². The molecule has 0 spiro atoms. The van der Waals surface area contributed by atoms with Gasteiger partial charge in [-0.2, -0.15) is 11.8 Å². The number of nitrogens with zero attached hydrogens (tertiary/aromatic N) is 1. The summed E-state index contributed by atoms with van der Waals surface area (Å²) in [5.41, 5.74) is 0. The Labute approximate surface area is 209 Å². The SMILES string of the molecule is CCCCCCCCCCCCCCCCCCSCC(=O)NCCC[N+](C)(C)CC(=O)O. The zero-order valence-electron chi connectivity index (χ0n) is 22.2. The van der Waals surface area contributed by atoms with Crippen LogP contribution in [0.5, 0.6) is 0 Å². The highest BCUT2D eigenvalue weighted by molar-refractivity contribution is 7.99. The van der Waals surface area contributed by atoms with E-state index in [2.05, 4.69) is 12.2 Å². The van der Waals surface area contributed by atoms with Gasteiger partial charge in [-0.1, -0.05) is 103 Å². The zero-order chi connectivity index (χ0) is 24.6. The maximum atomic E-state index is 11.9. The molecule has 0 aliphatic carbocycles. The summed E-state index contributed by atoms with van der Waals surface area (Å²) in [6.07, 6.45) is 23.0. The number of carbonyl (C=O) groups excluding carboxylic acids is 1. The van der Waals surface area contributed by atoms with Crippen molar-refractivity contribution < 1.29 is 19.2 Å². The van der Waals surface area contributed by atoms with E-state index in [9.17, 15) is 9.59 Å². The van der Waals surface area contributed by atoms with E-state index in [-0.39, 0.29) is 12.5 Å². The summed E-state index contributed by atoms with van der Waals surface area (Å²) in [5.74, 6) is 0.912. The van der Waals surface area contributed by atoms with Crippen molar-refractivity contribution in [1.82, 2.24) is 5.32 Å². The maximum Gasteiger partial charge on any atom is 0.359 e. The van der Waals surface area contributed by atoms with Crippen LogP contribution in [0.2, 0.25) is 0 Å². The van der Waals surface area contributed by atoms with E-state index >= 15 is 0 Å². The van der Waals surface area contributed by atoms with Crippen LogP contribution >= 0.6 is 11.8 Å². The van der Waals surface area contributed by atoms with Crippen molar-refractivity contribution in [1.29, 1.82) is 0 Å². The molecule has 0 aromatic carbocycles. The summed E-state index contributed by atoms with van der Waals surface area (Å²) >= 11 is 1.73. The number of carboxylic acids is 1. The molecule has 2 N–H and O–H groups in total. The van der Waals surface area contributed by atoms with Gasteiger partial charge in [0.15, 0.2) is 6.54 Å². The molecule has 33 heavy (non-hydrogen) atoms. The molecule has 1 amide bonds. The van der Waals surface area contributed by atoms with Gasteiger partial charge in [0.1, 0.15) is 0 Å². The van der Waals surface area contributed by atoms with Crippen LogP contribution in [-0.4, -0.2) is 66.7 Å². The number of thioether (sulfide) groups is 1. The minimum Gasteiger partial charge on any atom is -0.477 e. The van der Waals surface area contributed by atoms with Gasteiger partial charge in [-0.3, -0.25) is 4.79 Å². The third kappa shape index (κ3) is 25.7. The molecule has 0 bridgehead atoms. The van der Waals surface area contributed by atoms with Crippen LogP contribution in [0.4, 0.5) is 0 Å². The van der Waals surface area contributed by atoms with Crippen LogP contribution < -0.4 is 5.32 Å². The van der Waals surface area contributed by atoms with Crippen molar-refractivity contribution in [2.45, 2.75) is 116 Å². The van der Waals surface area contributed by atoms with E-state index in [1.54, 1.807) is 11.8 Å². The molecule has 0 aromatic heterocycles. The fourth-order valence-corrected chi connectivity index (χ4v) is 4.99. The van der Waals surface area contributed by atoms with Crippen LogP contribution in [0.3, 0.4) is 0 Å². The average molecular weight is 488 g/mol. The highest BCUT2D eigenvalue weighted by atomic mass is 32.2. The Bertz CT molecular complexity index is 472. The standard InChI is InChI=1S/C27H54N2O3S/c1-4-5-6-7-8-9-10-11-12-13-14-15-16-17-18-19-23-33-25-26(30)28-21-20-22-29(2,3)24-27(31)32/h4-25H2,1-3H3,(H-,28,30,31,32)/p+1. The Morgan fingerprint density at radius 1 is 0.727 bits per heavy atom. The van der Waals surface area contributed by atoms with Gasteiger partial charge in [-0.15, -0.1) is 0 Å². The van der Waals surface area contributed by atoms with Crippen molar-refractivity contribution in [2.24, 2.45) is 0 Å². The summed E-state index contributed by atoms with van der Waals surface area (Å²) in [4.78, 5) is 22.7. The Morgan fingerprint density at radius 2 is 1.18 bits per heavy atom. The molecule has 0 radical (unpaired) electrons. The molecule has 0 aromatic rings. The molecule has 196 valence electrons. The van der Waals surface area contributed by atoms with Crippen molar-refractivity contribution >= 4 is 23.6 Å². The van der Waals surface area contributed by atoms with Crippen molar-refractivity contribution in [3.63, 3.8) is 0 Å². The third-order valence-electron chi connectivity index (χ3n) is 6.20. The molecule has 6 heteroatoms. The first-order valence-electron chi connectivity index (χ1n) is 13.8. The highest BCUT2D eigenvalue weighted by Gasteiger charge is 2.18. The first-order valence-corrected chi connectivity index (χ1v) is 14.9. The second-order valence-corrected chi connectivity index (χ2v) is 11.4. The van der Waals surface area contributed by atoms with E-state index in [1.807, 2.05) is 14.1 Å². The molecule has 0 rings (SSSR count). The largest absolute Gasteiger partial charge is 0.477 e. The van der Waals surface area contributed by atoms with Crippen LogP contribution in [0.1, 0.15) is 116 Å². The zero-order valence-corrected chi connectivity index (χ0v) is 23.0. The predicted octanol–water partition coefficient (Wildman–Crippen LogP) is 6.65. The lowest BCUT2D eigenvalue weighted by atomic mass is 10.0. The molecule has 0 aliphatic rings. The summed E-state index contributed by atoms with van der Waals surface area (Å²) < 4.78 is 0.444. The number of quaternary nitrogens is 1. The van der Waals surface area contributed by atoms with Crippen LogP contribution in [0, 0.1) is 0 Å². The number of amides is 1. The van der Waals surface area contributed by atoms with Gasteiger partial charge < -0.3 is 14.9 Å². The van der Waals surface area contributed by atoms with E-state index in [0.717, 1.165) is 18.7 Å². The highest BCUT2D eigenvalue weighted by Crippen LogP contribution is 2.14. The lowest BCUT2D eigenvalue weighted by Gasteiger charge is -2.27. The van der Waals surface area contributed by atoms with E-state index in [4.69, 9.17) is 5.11 Å². The summed E-state index contributed by atoms with van der Waals surface area (Å²) in [6, 6.07) is 0. The number of carboxylic acid groups (broad SMARTS) is 1. The fraction of sp³-hybridized carbons (Fsp3) is 0.926. The molecule has 0 fully saturated rings. The average Bonchev–Trinajstić information content (AvgIpc) is 2.75. The molecule has 0 atom stereocenters. The molecule has 0 unspecified atom stereocenters. The van der Waals surface area contributed by atoms with Gasteiger partial charge in [-0.25, -0.2) is 4.79 Å². The second-order valence-electron chi connectivity index (χ2n) is 10.3. The normalized spacial score (nSPS) is 11.6. The van der Waals surface area contributed by atoms with Gasteiger partial charge in [0.05, 0.1) is 26.4 Å². The molecular weight excluding hydrogens is 432 g/mol. The summed E-state index contributed by atoms with van der Waals surface area (Å²) in [6.45, 7) is 3.77. The Hall–Kier alpha value is -0.750. The number of carbonyl (C=O) groups is 2. The van der Waals surface area contributed by atoms with Crippen molar-refractivity contribution in [3.8, 4) is 0 Å². The third-order valence-corrected chi connectivity index (χ3v) is 7.24. The summed E-state index contributed by atoms with van der Waals surface area (Å²) in [7, 11) is 3.81. The van der Waals surface area contributed by atoms with Crippen molar-refractivity contribution in [3.05, 3.63) is 0 Å². The molecule has 0 saturated carbocycles. The van der Waals surface area contributed by atoms with Crippen LogP contribution in [0.25, 0.3) is 0 Å². The van der Waals surface area contributed by atoms with Gasteiger partial charge in [0.2, 0.25) is 5.91 Å². The minimum absolute atomic E-state index is 0.0973. The molecule has 0 aliphatic heterocycles. The quantitative estimate of drug-likeness (QED) is 0.112. The smallest absolute Gasteiger partial charge is 0.359 e. The van der Waals surface area contributed by atoms with E-state index in [1.165, 1.54) is 103 Å². The Kier molecular flexibility index (Phi) is 22.5. The number of rotatable bonds is 25. The fourth-order valence-electron chi connectivity index (χ4n) is 4.15. The number of hydrogen-bond acceptors (Lipinski definition) is 3. The van der Waals surface area contributed by atoms with Gasteiger partial charge in [-0.05, 0) is 12.2 Å². The van der Waals surface area contributed by atoms with Crippen molar-refractivity contribution in [2.75, 3.05) is 45.2 Å². The lowest BCUT2D eigenvalue weighted by Crippen LogP contribution is -2.45.